The van der Waals surface area contributed by atoms with Crippen molar-refractivity contribution in [3.05, 3.63) is 61.6 Å². The van der Waals surface area contributed by atoms with Crippen molar-refractivity contribution >= 4 is 73.3 Å². The first-order chi connectivity index (χ1) is 16.5. The lowest BCUT2D eigenvalue weighted by Gasteiger charge is -2.32. The molecule has 0 radical (unpaired) electrons. The van der Waals surface area contributed by atoms with Crippen LogP contribution in [0.5, 0.6) is 0 Å². The number of hydrogen-bond donors (Lipinski definition) is 1. The van der Waals surface area contributed by atoms with Gasteiger partial charge in [0.05, 0.1) is 11.9 Å². The molecular weight excluding hydrogens is 624 g/mol. The Morgan fingerprint density at radius 2 is 1.74 bits per heavy atom. The van der Waals surface area contributed by atoms with Crippen LogP contribution < -0.4 is 9.62 Å². The van der Waals surface area contributed by atoms with Crippen molar-refractivity contribution in [2.75, 3.05) is 17.1 Å². The Morgan fingerprint density at radius 1 is 1.11 bits per heavy atom. The van der Waals surface area contributed by atoms with E-state index in [9.17, 15) is 18.0 Å². The summed E-state index contributed by atoms with van der Waals surface area (Å²) in [6.07, 6.45) is 4.98. The van der Waals surface area contributed by atoms with Crippen molar-refractivity contribution in [1.82, 2.24) is 10.2 Å². The summed E-state index contributed by atoms with van der Waals surface area (Å²) in [5.74, 6) is -0.801. The van der Waals surface area contributed by atoms with Crippen LogP contribution in [-0.2, 0) is 26.2 Å². The fraction of sp³-hybridized carbons (Fsp3) is 0.417. The SMILES string of the molecule is CC(C(=O)NC1CCCC1)N(Cc1ccc(Cl)cc1Cl)C(=O)CN(c1ccc(I)cc1)S(C)(=O)=O. The van der Waals surface area contributed by atoms with Crippen LogP contribution in [0, 0.1) is 3.57 Å². The fourth-order valence-electron chi connectivity index (χ4n) is 4.03. The quantitative estimate of drug-likeness (QED) is 0.393. The second-order valence-electron chi connectivity index (χ2n) is 8.67. The topological polar surface area (TPSA) is 86.8 Å². The highest BCUT2D eigenvalue weighted by molar-refractivity contribution is 14.1. The van der Waals surface area contributed by atoms with E-state index in [-0.39, 0.29) is 18.5 Å². The van der Waals surface area contributed by atoms with E-state index in [2.05, 4.69) is 27.9 Å². The monoisotopic (exact) mass is 651 g/mol. The molecule has 1 fully saturated rings. The molecule has 1 aliphatic rings. The summed E-state index contributed by atoms with van der Waals surface area (Å²) in [6, 6.07) is 11.0. The molecule has 1 unspecified atom stereocenters. The molecule has 2 aromatic carbocycles. The summed E-state index contributed by atoms with van der Waals surface area (Å²) in [7, 11) is -3.77. The molecule has 2 amide bonds. The van der Waals surface area contributed by atoms with Crippen molar-refractivity contribution in [2.24, 2.45) is 0 Å². The van der Waals surface area contributed by atoms with Crippen LogP contribution >= 0.6 is 45.8 Å². The maximum Gasteiger partial charge on any atom is 0.244 e. The zero-order valence-electron chi connectivity index (χ0n) is 19.5. The van der Waals surface area contributed by atoms with E-state index in [1.807, 2.05) is 0 Å². The van der Waals surface area contributed by atoms with Gasteiger partial charge in [0.25, 0.3) is 0 Å². The van der Waals surface area contributed by atoms with Gasteiger partial charge in [-0.2, -0.15) is 0 Å². The highest BCUT2D eigenvalue weighted by Gasteiger charge is 2.31. The number of sulfonamides is 1. The van der Waals surface area contributed by atoms with Gasteiger partial charge < -0.3 is 10.2 Å². The normalized spacial score (nSPS) is 15.0. The number of anilines is 1. The van der Waals surface area contributed by atoms with Gasteiger partial charge in [0, 0.05) is 26.2 Å². The van der Waals surface area contributed by atoms with Gasteiger partial charge >= 0.3 is 0 Å². The third-order valence-electron chi connectivity index (χ3n) is 6.02. The summed E-state index contributed by atoms with van der Waals surface area (Å²) in [5, 5.41) is 3.83. The number of amides is 2. The molecule has 1 aliphatic carbocycles. The van der Waals surface area contributed by atoms with Crippen molar-refractivity contribution in [1.29, 1.82) is 0 Å². The van der Waals surface area contributed by atoms with E-state index in [0.717, 1.165) is 39.8 Å². The summed E-state index contributed by atoms with van der Waals surface area (Å²) in [5.41, 5.74) is 0.971. The highest BCUT2D eigenvalue weighted by atomic mass is 127. The van der Waals surface area contributed by atoms with Crippen molar-refractivity contribution < 1.29 is 18.0 Å². The molecule has 0 heterocycles. The van der Waals surface area contributed by atoms with Crippen molar-refractivity contribution in [2.45, 2.75) is 51.2 Å². The third kappa shape index (κ3) is 7.71. The summed E-state index contributed by atoms with van der Waals surface area (Å²) in [6.45, 7) is 1.21. The van der Waals surface area contributed by atoms with Crippen LogP contribution in [0.4, 0.5) is 5.69 Å². The van der Waals surface area contributed by atoms with Crippen LogP contribution in [0.3, 0.4) is 0 Å². The van der Waals surface area contributed by atoms with Gasteiger partial charge in [-0.15, -0.1) is 0 Å². The van der Waals surface area contributed by atoms with Gasteiger partial charge in [-0.25, -0.2) is 8.42 Å². The second kappa shape index (κ2) is 12.1. The summed E-state index contributed by atoms with van der Waals surface area (Å²) in [4.78, 5) is 28.0. The number of nitrogens with zero attached hydrogens (tertiary/aromatic N) is 2. The molecule has 7 nitrogen and oxygen atoms in total. The molecule has 0 saturated heterocycles. The lowest BCUT2D eigenvalue weighted by atomic mass is 10.1. The van der Waals surface area contributed by atoms with Crippen LogP contribution in [0.15, 0.2) is 42.5 Å². The first-order valence-electron chi connectivity index (χ1n) is 11.2. The maximum absolute atomic E-state index is 13.6. The smallest absolute Gasteiger partial charge is 0.244 e. The number of carbonyl (C=O) groups is 2. The minimum Gasteiger partial charge on any atom is -0.352 e. The summed E-state index contributed by atoms with van der Waals surface area (Å²) >= 11 is 14.5. The predicted octanol–water partition coefficient (Wildman–Crippen LogP) is 4.84. The second-order valence-corrected chi connectivity index (χ2v) is 12.7. The molecule has 1 N–H and O–H groups in total. The van der Waals surface area contributed by atoms with Crippen LogP contribution in [0.2, 0.25) is 10.0 Å². The molecule has 0 bridgehead atoms. The number of carbonyl (C=O) groups excluding carboxylic acids is 2. The van der Waals surface area contributed by atoms with E-state index in [0.29, 0.717) is 21.3 Å². The molecule has 11 heteroatoms. The van der Waals surface area contributed by atoms with Crippen molar-refractivity contribution in [3.8, 4) is 0 Å². The molecule has 2 aromatic rings. The standard InChI is InChI=1S/C24H28Cl2IN3O4S/c1-16(24(32)28-20-5-3-4-6-20)29(14-17-7-8-18(25)13-22(17)26)23(31)15-30(35(2,33)34)21-11-9-19(27)10-12-21/h7-13,16,20H,3-6,14-15H2,1-2H3,(H,28,32). The van der Waals surface area contributed by atoms with Gasteiger partial charge in [0.15, 0.2) is 0 Å². The predicted molar refractivity (Wildman–Crippen MR) is 148 cm³/mol. The molecule has 1 saturated carbocycles. The third-order valence-corrected chi connectivity index (χ3v) is 8.47. The minimum atomic E-state index is -3.77. The Hall–Kier alpha value is -1.56. The number of hydrogen-bond acceptors (Lipinski definition) is 4. The summed E-state index contributed by atoms with van der Waals surface area (Å²) < 4.78 is 27.2. The Balaban J connectivity index is 1.89. The molecule has 0 aromatic heterocycles. The Kier molecular flexibility index (Phi) is 9.70. The van der Waals surface area contributed by atoms with E-state index in [1.54, 1.807) is 49.4 Å². The molecule has 0 spiro atoms. The molecule has 3 rings (SSSR count). The first kappa shape index (κ1) is 28.0. The van der Waals surface area contributed by atoms with Crippen LogP contribution in [0.25, 0.3) is 0 Å². The van der Waals surface area contributed by atoms with E-state index >= 15 is 0 Å². The van der Waals surface area contributed by atoms with Crippen molar-refractivity contribution in [3.63, 3.8) is 0 Å². The van der Waals surface area contributed by atoms with Gasteiger partial charge in [0.2, 0.25) is 21.8 Å². The molecule has 1 atom stereocenters. The molecule has 190 valence electrons. The average Bonchev–Trinajstić information content (AvgIpc) is 3.29. The Labute approximate surface area is 230 Å². The van der Waals surface area contributed by atoms with E-state index in [4.69, 9.17) is 23.2 Å². The lowest BCUT2D eigenvalue weighted by molar-refractivity contribution is -0.139. The van der Waals surface area contributed by atoms with Gasteiger partial charge in [-0.1, -0.05) is 42.1 Å². The highest BCUT2D eigenvalue weighted by Crippen LogP contribution is 2.25. The van der Waals surface area contributed by atoms with E-state index < -0.39 is 28.5 Å². The van der Waals surface area contributed by atoms with Crippen LogP contribution in [0.1, 0.15) is 38.2 Å². The van der Waals surface area contributed by atoms with E-state index in [1.165, 1.54) is 4.90 Å². The molecule has 0 aliphatic heterocycles. The first-order valence-corrected chi connectivity index (χ1v) is 14.9. The number of halogens is 3. The Morgan fingerprint density at radius 3 is 2.31 bits per heavy atom. The van der Waals surface area contributed by atoms with Gasteiger partial charge in [-0.3, -0.25) is 13.9 Å². The number of rotatable bonds is 9. The minimum absolute atomic E-state index is 0.0262. The van der Waals surface area contributed by atoms with Crippen LogP contribution in [-0.4, -0.2) is 50.0 Å². The Bertz CT molecular complexity index is 1170. The zero-order chi connectivity index (χ0) is 25.8. The average molecular weight is 652 g/mol. The largest absolute Gasteiger partial charge is 0.352 e. The van der Waals surface area contributed by atoms with Gasteiger partial charge in [-0.05, 0) is 84.3 Å². The lowest BCUT2D eigenvalue weighted by Crippen LogP contribution is -2.52. The zero-order valence-corrected chi connectivity index (χ0v) is 24.0. The maximum atomic E-state index is 13.6. The molecular formula is C24H28Cl2IN3O4S. The van der Waals surface area contributed by atoms with Gasteiger partial charge in [0.1, 0.15) is 12.6 Å². The number of nitrogens with one attached hydrogen (secondary N) is 1. The molecule has 35 heavy (non-hydrogen) atoms. The fourth-order valence-corrected chi connectivity index (χ4v) is 5.71. The number of benzene rings is 2.